The third kappa shape index (κ3) is 5.37. The van der Waals surface area contributed by atoms with Gasteiger partial charge < -0.3 is 10.0 Å². The number of nitrogens with zero attached hydrogens (tertiary/aromatic N) is 5. The van der Waals surface area contributed by atoms with E-state index in [0.717, 1.165) is 18.5 Å². The third-order valence-electron chi connectivity index (χ3n) is 5.74. The fourth-order valence-electron chi connectivity index (χ4n) is 3.57. The number of carbonyl (C=O) groups excluding carboxylic acids is 1. The lowest BCUT2D eigenvalue weighted by molar-refractivity contribution is 0.0585. The van der Waals surface area contributed by atoms with Crippen molar-refractivity contribution < 1.29 is 9.90 Å². The van der Waals surface area contributed by atoms with Gasteiger partial charge in [0.25, 0.3) is 5.91 Å². The van der Waals surface area contributed by atoms with Crippen LogP contribution in [0, 0.1) is 5.92 Å². The van der Waals surface area contributed by atoms with E-state index in [2.05, 4.69) is 29.8 Å². The smallest absolute Gasteiger partial charge is 0.257 e. The average molecular weight is 442 g/mol. The van der Waals surface area contributed by atoms with Crippen LogP contribution < -0.4 is 0 Å². The summed E-state index contributed by atoms with van der Waals surface area (Å²) in [6.07, 6.45) is 9.60. The van der Waals surface area contributed by atoms with Gasteiger partial charge in [-0.2, -0.15) is 10.2 Å². The first-order valence-electron chi connectivity index (χ1n) is 10.5. The van der Waals surface area contributed by atoms with E-state index in [1.165, 1.54) is 16.1 Å². The fraction of sp³-hybridized carbons (Fsp3) is 0.478. The van der Waals surface area contributed by atoms with Gasteiger partial charge in [-0.25, -0.2) is 0 Å². The molecule has 2 atom stereocenters. The summed E-state index contributed by atoms with van der Waals surface area (Å²) in [4.78, 5) is 21.7. The largest absolute Gasteiger partial charge is 0.385 e. The molecule has 1 aliphatic rings. The Labute approximate surface area is 187 Å². The highest BCUT2D eigenvalue weighted by Gasteiger charge is 2.33. The molecule has 1 saturated heterocycles. The van der Waals surface area contributed by atoms with Crippen LogP contribution in [0.4, 0.5) is 0 Å². The van der Waals surface area contributed by atoms with E-state index in [4.69, 9.17) is 4.99 Å². The van der Waals surface area contributed by atoms with Crippen LogP contribution in [0.3, 0.4) is 0 Å². The number of aromatic nitrogens is 3. The summed E-state index contributed by atoms with van der Waals surface area (Å²) in [5.41, 5.74) is 1.88. The molecule has 0 spiro atoms. The minimum Gasteiger partial charge on any atom is -0.385 e. The Morgan fingerprint density at radius 3 is 2.71 bits per heavy atom. The number of hydrogen-bond donors (Lipinski definition) is 1. The van der Waals surface area contributed by atoms with Gasteiger partial charge in [-0.15, -0.1) is 22.7 Å². The first-order chi connectivity index (χ1) is 14.7. The van der Waals surface area contributed by atoms with E-state index >= 15 is 0 Å². The maximum absolute atomic E-state index is 13.5. The summed E-state index contributed by atoms with van der Waals surface area (Å²) >= 11 is 1.47. The first-order valence-corrected chi connectivity index (χ1v) is 11.5. The molecule has 0 aliphatic carbocycles. The predicted octanol–water partition coefficient (Wildman–Crippen LogP) is 4.26. The standard InChI is InChI=1S/C23H31N5O2S/c1-6-7-8-20(26-17(3)23(4,5)30)18-10-9-16(2)27(13-18)22(29)19-14-31-15-21(19)28-24-11-12-25-28/h6,8,11-12,14-16,18,30H,1,7,9-10,13H2,2-5H3/b20-8-,26-17?/t16-,18-/m1/s1. The van der Waals surface area contributed by atoms with Gasteiger partial charge in [0.15, 0.2) is 0 Å². The van der Waals surface area contributed by atoms with Crippen LogP contribution in [0.2, 0.25) is 0 Å². The molecule has 31 heavy (non-hydrogen) atoms. The number of likely N-dealkylation sites (tertiary alicyclic amines) is 1. The number of thiophene rings is 1. The van der Waals surface area contributed by atoms with Crippen LogP contribution in [0.15, 0.2) is 52.6 Å². The minimum absolute atomic E-state index is 0.0167. The molecular weight excluding hydrogens is 410 g/mol. The Kier molecular flexibility index (Phi) is 7.23. The number of carbonyl (C=O) groups is 1. The van der Waals surface area contributed by atoms with Gasteiger partial charge in [0, 0.05) is 40.7 Å². The molecule has 0 saturated carbocycles. The molecule has 1 N–H and O–H groups in total. The first kappa shape index (κ1) is 23.1. The fourth-order valence-corrected chi connectivity index (χ4v) is 4.35. The zero-order valence-corrected chi connectivity index (χ0v) is 19.5. The Balaban J connectivity index is 1.87. The maximum Gasteiger partial charge on any atom is 0.257 e. The van der Waals surface area contributed by atoms with Gasteiger partial charge in [-0.1, -0.05) is 12.2 Å². The van der Waals surface area contributed by atoms with Crippen molar-refractivity contribution in [1.82, 2.24) is 19.9 Å². The molecular formula is C23H31N5O2S. The second-order valence-corrected chi connectivity index (χ2v) is 9.22. The zero-order valence-electron chi connectivity index (χ0n) is 18.7. The van der Waals surface area contributed by atoms with Crippen LogP contribution in [-0.2, 0) is 0 Å². The second kappa shape index (κ2) is 9.70. The highest BCUT2D eigenvalue weighted by molar-refractivity contribution is 7.08. The molecule has 1 amide bonds. The number of amides is 1. The quantitative estimate of drug-likeness (QED) is 0.514. The highest BCUT2D eigenvalue weighted by Crippen LogP contribution is 2.31. The normalized spacial score (nSPS) is 20.7. The van der Waals surface area contributed by atoms with Gasteiger partial charge in [-0.3, -0.25) is 9.79 Å². The molecule has 7 nitrogen and oxygen atoms in total. The molecule has 2 aromatic rings. The molecule has 0 aromatic carbocycles. The van der Waals surface area contributed by atoms with E-state index in [0.29, 0.717) is 29.9 Å². The van der Waals surface area contributed by atoms with E-state index < -0.39 is 5.60 Å². The van der Waals surface area contributed by atoms with Crippen molar-refractivity contribution in [2.24, 2.45) is 10.9 Å². The molecule has 2 aromatic heterocycles. The van der Waals surface area contributed by atoms with Crippen molar-refractivity contribution in [3.05, 3.63) is 53.1 Å². The Bertz CT molecular complexity index is 969. The number of rotatable bonds is 7. The minimum atomic E-state index is -0.993. The molecule has 0 radical (unpaired) electrons. The Morgan fingerprint density at radius 2 is 2.06 bits per heavy atom. The van der Waals surface area contributed by atoms with E-state index in [1.54, 1.807) is 26.2 Å². The Hall–Kier alpha value is -2.58. The Morgan fingerprint density at radius 1 is 1.35 bits per heavy atom. The van der Waals surface area contributed by atoms with Gasteiger partial charge in [0.1, 0.15) is 5.69 Å². The number of aliphatic hydroxyl groups is 1. The molecule has 1 aliphatic heterocycles. The van der Waals surface area contributed by atoms with Gasteiger partial charge in [-0.05, 0) is 47.0 Å². The van der Waals surface area contributed by atoms with Gasteiger partial charge in [0.05, 0.1) is 23.6 Å². The molecule has 3 heterocycles. The van der Waals surface area contributed by atoms with Crippen molar-refractivity contribution in [3.8, 4) is 5.69 Å². The molecule has 0 bridgehead atoms. The van der Waals surface area contributed by atoms with Crippen molar-refractivity contribution in [1.29, 1.82) is 0 Å². The van der Waals surface area contributed by atoms with Crippen LogP contribution in [0.25, 0.3) is 5.69 Å². The number of allylic oxidation sites excluding steroid dienone is 2. The summed E-state index contributed by atoms with van der Waals surface area (Å²) in [6.45, 7) is 11.8. The topological polar surface area (TPSA) is 83.6 Å². The summed E-state index contributed by atoms with van der Waals surface area (Å²) in [7, 11) is 0. The summed E-state index contributed by atoms with van der Waals surface area (Å²) in [6, 6.07) is 0.127. The van der Waals surface area contributed by atoms with Gasteiger partial charge in [0.2, 0.25) is 0 Å². The lowest BCUT2D eigenvalue weighted by Gasteiger charge is -2.38. The van der Waals surface area contributed by atoms with Crippen LogP contribution >= 0.6 is 11.3 Å². The molecule has 1 fully saturated rings. The van der Waals surface area contributed by atoms with Crippen molar-refractivity contribution in [2.75, 3.05) is 6.54 Å². The maximum atomic E-state index is 13.5. The zero-order chi connectivity index (χ0) is 22.6. The van der Waals surface area contributed by atoms with E-state index in [1.807, 2.05) is 28.7 Å². The lowest BCUT2D eigenvalue weighted by atomic mass is 9.89. The molecule has 166 valence electrons. The summed E-state index contributed by atoms with van der Waals surface area (Å²) in [5.74, 6) is 0.0827. The highest BCUT2D eigenvalue weighted by atomic mass is 32.1. The molecule has 3 rings (SSSR count). The predicted molar refractivity (Wildman–Crippen MR) is 125 cm³/mol. The van der Waals surface area contributed by atoms with E-state index in [9.17, 15) is 9.90 Å². The second-order valence-electron chi connectivity index (χ2n) is 8.48. The van der Waals surface area contributed by atoms with Gasteiger partial charge >= 0.3 is 0 Å². The van der Waals surface area contributed by atoms with Crippen molar-refractivity contribution in [3.63, 3.8) is 0 Å². The van der Waals surface area contributed by atoms with Crippen LogP contribution in [0.5, 0.6) is 0 Å². The average Bonchev–Trinajstić information content (AvgIpc) is 3.41. The summed E-state index contributed by atoms with van der Waals surface area (Å²) in [5, 5.41) is 22.4. The molecule has 8 heteroatoms. The number of piperidine rings is 1. The summed E-state index contributed by atoms with van der Waals surface area (Å²) < 4.78 is 0. The number of hydrogen-bond acceptors (Lipinski definition) is 6. The lowest BCUT2D eigenvalue weighted by Crippen LogP contribution is -2.46. The van der Waals surface area contributed by atoms with Crippen LogP contribution in [-0.4, -0.2) is 54.8 Å². The SMILES string of the molecule is C=CC/C=C(\N=C(C)C(C)(C)O)[C@@H]1CC[C@@H](C)N(C(=O)c2cscc2-n2nccn2)C1. The van der Waals surface area contributed by atoms with Crippen LogP contribution in [0.1, 0.15) is 57.3 Å². The molecule has 0 unspecified atom stereocenters. The third-order valence-corrected chi connectivity index (χ3v) is 6.47. The number of aliphatic imine (C=N–C) groups is 1. The van der Waals surface area contributed by atoms with Crippen molar-refractivity contribution in [2.45, 2.75) is 58.6 Å². The monoisotopic (exact) mass is 441 g/mol. The van der Waals surface area contributed by atoms with E-state index in [-0.39, 0.29) is 17.9 Å². The van der Waals surface area contributed by atoms with Crippen molar-refractivity contribution >= 4 is 23.0 Å².